The highest BCUT2D eigenvalue weighted by molar-refractivity contribution is 8.69. The molecule has 0 aliphatic carbocycles. The summed E-state index contributed by atoms with van der Waals surface area (Å²) < 4.78 is 5.80. The molecule has 0 heterocycles. The maximum Gasteiger partial charge on any atom is 0.174 e. The Balaban J connectivity index is 2.18. The summed E-state index contributed by atoms with van der Waals surface area (Å²) in [5.74, 6) is 0.738. The molecule has 0 aromatic heterocycles. The van der Waals surface area contributed by atoms with Gasteiger partial charge < -0.3 is 33.9 Å². The van der Waals surface area contributed by atoms with Gasteiger partial charge in [-0.2, -0.15) is 0 Å². The largest absolute Gasteiger partial charge is 0.682 e. The summed E-state index contributed by atoms with van der Waals surface area (Å²) in [5.41, 5.74) is 2.27. The van der Waals surface area contributed by atoms with E-state index < -0.39 is 6.12 Å². The Morgan fingerprint density at radius 2 is 0.689 bits per heavy atom. The van der Waals surface area contributed by atoms with Crippen molar-refractivity contribution in [3.63, 3.8) is 0 Å². The Labute approximate surface area is 293 Å². The maximum absolute atomic E-state index is 12.3. The maximum atomic E-state index is 12.3. The lowest BCUT2D eigenvalue weighted by molar-refractivity contribution is -0.169. The second-order valence-electron chi connectivity index (χ2n) is 13.8. The lowest BCUT2D eigenvalue weighted by Gasteiger charge is -2.43. The molecule has 0 saturated carbocycles. The highest BCUT2D eigenvalue weighted by Crippen LogP contribution is 2.48. The van der Waals surface area contributed by atoms with Crippen LogP contribution < -0.4 is 9.42 Å². The van der Waals surface area contributed by atoms with Crippen molar-refractivity contribution in [3.05, 3.63) is 29.3 Å². The summed E-state index contributed by atoms with van der Waals surface area (Å²) in [6.07, 6.45) is 39.5. The summed E-state index contributed by atoms with van der Waals surface area (Å²) in [6, 6.07) is 6.37. The number of para-hydroxylation sites is 1. The van der Waals surface area contributed by atoms with Crippen LogP contribution in [0.15, 0.2) is 18.2 Å². The van der Waals surface area contributed by atoms with Gasteiger partial charge in [-0.1, -0.05) is 212 Å². The first-order valence-corrected chi connectivity index (χ1v) is 23.5. The Morgan fingerprint density at radius 1 is 0.444 bits per heavy atom. The molecule has 0 aliphatic rings. The van der Waals surface area contributed by atoms with Gasteiger partial charge in [0.15, 0.2) is 5.75 Å². The zero-order chi connectivity index (χ0) is 32.7. The topological polar surface area (TPSA) is 32.3 Å². The van der Waals surface area contributed by atoms with Crippen LogP contribution in [0.4, 0.5) is 0 Å². The van der Waals surface area contributed by atoms with Crippen molar-refractivity contribution in [1.29, 1.82) is 0 Å². The van der Waals surface area contributed by atoms with E-state index in [4.69, 9.17) is 29.0 Å². The smallest absolute Gasteiger partial charge is 0.174 e. The predicted octanol–water partition coefficient (Wildman–Crippen LogP) is 14.0. The Morgan fingerprint density at radius 3 is 0.933 bits per heavy atom. The van der Waals surface area contributed by atoms with Crippen LogP contribution in [0.1, 0.15) is 218 Å². The summed E-state index contributed by atoms with van der Waals surface area (Å²) in [7, 11) is 0. The molecule has 5 heteroatoms. The van der Waals surface area contributed by atoms with E-state index in [2.05, 4.69) is 32.0 Å². The minimum atomic E-state index is -3.42. The molecule has 0 aliphatic heterocycles. The van der Waals surface area contributed by atoms with E-state index in [0.717, 1.165) is 42.6 Å². The van der Waals surface area contributed by atoms with Crippen molar-refractivity contribution in [2.75, 3.05) is 0 Å². The fourth-order valence-electron chi connectivity index (χ4n) is 6.63. The first-order valence-electron chi connectivity index (χ1n) is 19.8. The van der Waals surface area contributed by atoms with E-state index in [1.807, 2.05) is 0 Å². The van der Waals surface area contributed by atoms with Gasteiger partial charge >= 0.3 is 0 Å². The molecule has 0 amide bonds. The van der Waals surface area contributed by atoms with Crippen LogP contribution in [0.25, 0.3) is 0 Å². The van der Waals surface area contributed by atoms with Crippen molar-refractivity contribution < 1.29 is 9.42 Å². The fourth-order valence-corrected chi connectivity index (χ4v) is 7.54. The highest BCUT2D eigenvalue weighted by atomic mass is 33.1. The van der Waals surface area contributed by atoms with Crippen molar-refractivity contribution in [2.45, 2.75) is 219 Å². The van der Waals surface area contributed by atoms with Gasteiger partial charge in [-0.25, -0.2) is 0 Å². The van der Waals surface area contributed by atoms with E-state index in [0.29, 0.717) is 0 Å². The highest BCUT2D eigenvalue weighted by Gasteiger charge is 2.13. The van der Waals surface area contributed by atoms with Crippen LogP contribution in [0.5, 0.6) is 5.75 Å². The van der Waals surface area contributed by atoms with Gasteiger partial charge in [0.1, 0.15) is 0 Å². The van der Waals surface area contributed by atoms with Crippen LogP contribution in [-0.2, 0) is 37.3 Å². The molecule has 2 nitrogen and oxygen atoms in total. The van der Waals surface area contributed by atoms with Crippen molar-refractivity contribution in [3.8, 4) is 5.75 Å². The zero-order valence-corrected chi connectivity index (χ0v) is 32.5. The van der Waals surface area contributed by atoms with Gasteiger partial charge in [-0.3, -0.25) is 0 Å². The third kappa shape index (κ3) is 27.7. The summed E-state index contributed by atoms with van der Waals surface area (Å²) in [6.45, 7) is 4.58. The number of hydrogen-bond acceptors (Lipinski definition) is 4. The van der Waals surface area contributed by atoms with Gasteiger partial charge in [0, 0.05) is 0 Å². The van der Waals surface area contributed by atoms with Crippen LogP contribution in [0, 0.1) is 0 Å². The molecule has 1 aromatic carbocycles. The van der Waals surface area contributed by atoms with Crippen molar-refractivity contribution >= 4 is 30.6 Å². The standard InChI is InChI=1S/C40H75O2PS2/c1-3-5-7-9-11-13-15-17-19-21-23-25-27-29-31-34-38-36-33-37-39(40(38)42-43(41,44)45)35-32-30-28-26-24-22-20-18-16-14-12-10-8-6-4-2/h33,36-37H,3-32,34-35H2,1-2H3,(H2,41,44,45)/p-2. The van der Waals surface area contributed by atoms with Gasteiger partial charge in [-0.05, 0) is 36.8 Å². The van der Waals surface area contributed by atoms with E-state index in [1.165, 1.54) is 180 Å². The summed E-state index contributed by atoms with van der Waals surface area (Å²) in [5, 5.41) is 0. The molecule has 1 rings (SSSR count). The number of rotatable bonds is 34. The SMILES string of the molecule is CCCCCCCCCCCCCCCCCc1cccc(CCCCCCCCCCCCCCCCC)c1O[P+]([O-])([S-])[S-]. The van der Waals surface area contributed by atoms with Gasteiger partial charge in [0.25, 0.3) is 0 Å². The number of aryl methyl sites for hydroxylation is 2. The fraction of sp³-hybridized carbons (Fsp3) is 0.850. The van der Waals surface area contributed by atoms with Crippen molar-refractivity contribution in [2.24, 2.45) is 0 Å². The second-order valence-corrected chi connectivity index (χ2v) is 18.5. The molecule has 0 spiro atoms. The van der Waals surface area contributed by atoms with Crippen LogP contribution >= 0.6 is 6.12 Å². The Kier molecular flexibility index (Phi) is 30.1. The zero-order valence-electron chi connectivity index (χ0n) is 29.9. The quantitative estimate of drug-likeness (QED) is 0.0412. The van der Waals surface area contributed by atoms with Gasteiger partial charge in [-0.15, -0.1) is 6.12 Å². The molecule has 0 N–H and O–H groups in total. The third-order valence-corrected chi connectivity index (χ3v) is 10.3. The molecule has 45 heavy (non-hydrogen) atoms. The third-order valence-electron chi connectivity index (χ3n) is 9.48. The minimum absolute atomic E-state index is 0.738. The normalized spacial score (nSPS) is 11.8. The molecular weight excluding hydrogens is 608 g/mol. The average molecular weight is 681 g/mol. The molecule has 0 bridgehead atoms. The van der Waals surface area contributed by atoms with E-state index >= 15 is 0 Å². The van der Waals surface area contributed by atoms with E-state index in [1.54, 1.807) is 0 Å². The molecule has 264 valence electrons. The molecule has 1 aromatic rings. The van der Waals surface area contributed by atoms with Gasteiger partial charge in [0.2, 0.25) is 0 Å². The van der Waals surface area contributed by atoms with Crippen LogP contribution in [0.3, 0.4) is 0 Å². The minimum Gasteiger partial charge on any atom is -0.682 e. The summed E-state index contributed by atoms with van der Waals surface area (Å²) >= 11 is 10.1. The van der Waals surface area contributed by atoms with E-state index in [-0.39, 0.29) is 0 Å². The lowest BCUT2D eigenvalue weighted by atomic mass is 9.98. The average Bonchev–Trinajstić information content (AvgIpc) is 3.01. The van der Waals surface area contributed by atoms with Crippen LogP contribution in [-0.4, -0.2) is 0 Å². The van der Waals surface area contributed by atoms with Crippen LogP contribution in [0.2, 0.25) is 0 Å². The Hall–Kier alpha value is 0.110. The second kappa shape index (κ2) is 31.4. The number of unbranched alkanes of at least 4 members (excludes halogenated alkanes) is 28. The van der Waals surface area contributed by atoms with E-state index in [9.17, 15) is 4.89 Å². The molecule has 0 radical (unpaired) electrons. The molecule has 0 saturated heterocycles. The van der Waals surface area contributed by atoms with Gasteiger partial charge in [0.05, 0.1) is 0 Å². The lowest BCUT2D eigenvalue weighted by Crippen LogP contribution is -2.12. The Bertz CT molecular complexity index is 715. The molecule has 0 atom stereocenters. The predicted molar refractivity (Wildman–Crippen MR) is 206 cm³/mol. The number of hydrogen-bond donors (Lipinski definition) is 0. The first kappa shape index (κ1) is 43.1. The molecular formula is C40H73O2PS2-2. The summed E-state index contributed by atoms with van der Waals surface area (Å²) in [4.78, 5) is 12.3. The monoisotopic (exact) mass is 680 g/mol. The number of benzene rings is 1. The van der Waals surface area contributed by atoms with Crippen molar-refractivity contribution in [1.82, 2.24) is 0 Å². The molecule has 0 unspecified atom stereocenters. The molecule has 0 fully saturated rings. The first-order chi connectivity index (χ1) is 22.0.